The van der Waals surface area contributed by atoms with Crippen LogP contribution in [0.5, 0.6) is 0 Å². The number of amides is 1. The van der Waals surface area contributed by atoms with Crippen LogP contribution in [0.15, 0.2) is 0 Å². The molecule has 0 spiro atoms. The van der Waals surface area contributed by atoms with Gasteiger partial charge >= 0.3 is 0 Å². The molecule has 1 saturated carbocycles. The number of nitrogens with two attached hydrogens (primary N) is 1. The van der Waals surface area contributed by atoms with Gasteiger partial charge in [0.25, 0.3) is 0 Å². The van der Waals surface area contributed by atoms with Gasteiger partial charge < -0.3 is 15.7 Å². The van der Waals surface area contributed by atoms with E-state index in [1.54, 1.807) is 0 Å². The second kappa shape index (κ2) is 5.17. The van der Waals surface area contributed by atoms with Crippen LogP contribution in [0.25, 0.3) is 0 Å². The van der Waals surface area contributed by atoms with Gasteiger partial charge in [0.05, 0.1) is 11.5 Å². The summed E-state index contributed by atoms with van der Waals surface area (Å²) in [5.41, 5.74) is 5.59. The Morgan fingerprint density at radius 2 is 1.94 bits per heavy atom. The number of likely N-dealkylation sites (tertiary alicyclic amines) is 1. The number of piperidine rings is 1. The second-order valence-electron chi connectivity index (χ2n) is 6.41. The van der Waals surface area contributed by atoms with Gasteiger partial charge in [0.15, 0.2) is 0 Å². The largest absolute Gasteiger partial charge is 0.390 e. The number of rotatable bonds is 1. The van der Waals surface area contributed by atoms with Crippen LogP contribution in [-0.2, 0) is 4.79 Å². The molecule has 0 aromatic carbocycles. The first-order valence-corrected chi connectivity index (χ1v) is 7.17. The van der Waals surface area contributed by atoms with Gasteiger partial charge in [-0.15, -0.1) is 0 Å². The van der Waals surface area contributed by atoms with Crippen LogP contribution in [0.3, 0.4) is 0 Å². The molecular formula is C14H26N2O2. The third-order valence-electron chi connectivity index (χ3n) is 4.77. The van der Waals surface area contributed by atoms with E-state index in [4.69, 9.17) is 5.73 Å². The zero-order chi connectivity index (χ0) is 13.3. The Bertz CT molecular complexity index is 307. The molecule has 2 fully saturated rings. The van der Waals surface area contributed by atoms with E-state index >= 15 is 0 Å². The minimum atomic E-state index is -0.598. The highest BCUT2D eigenvalue weighted by molar-refractivity contribution is 5.79. The summed E-state index contributed by atoms with van der Waals surface area (Å²) in [4.78, 5) is 14.4. The molecule has 1 aliphatic heterocycles. The SMILES string of the molecule is CC1CCCC(C(=O)N2CCC(C)(O)CC2)C1N. The van der Waals surface area contributed by atoms with E-state index in [-0.39, 0.29) is 17.9 Å². The van der Waals surface area contributed by atoms with E-state index < -0.39 is 5.60 Å². The minimum Gasteiger partial charge on any atom is -0.390 e. The average molecular weight is 254 g/mol. The molecule has 1 saturated heterocycles. The summed E-state index contributed by atoms with van der Waals surface area (Å²) in [5.74, 6) is 0.655. The van der Waals surface area contributed by atoms with Crippen LogP contribution in [-0.4, -0.2) is 40.6 Å². The Morgan fingerprint density at radius 3 is 2.56 bits per heavy atom. The molecule has 3 unspecified atom stereocenters. The predicted octanol–water partition coefficient (Wildman–Crippen LogP) is 1.12. The van der Waals surface area contributed by atoms with Gasteiger partial charge in [0.2, 0.25) is 5.91 Å². The fourth-order valence-corrected chi connectivity index (χ4v) is 3.17. The normalized spacial score (nSPS) is 36.4. The fraction of sp³-hybridized carbons (Fsp3) is 0.929. The average Bonchev–Trinajstić information content (AvgIpc) is 2.32. The highest BCUT2D eigenvalue weighted by atomic mass is 16.3. The van der Waals surface area contributed by atoms with Gasteiger partial charge in [0, 0.05) is 19.1 Å². The molecule has 1 heterocycles. The lowest BCUT2D eigenvalue weighted by molar-refractivity contribution is -0.141. The highest BCUT2D eigenvalue weighted by Gasteiger charge is 2.37. The Morgan fingerprint density at radius 1 is 1.33 bits per heavy atom. The van der Waals surface area contributed by atoms with E-state index in [1.165, 1.54) is 0 Å². The molecule has 1 aliphatic carbocycles. The number of hydrogen-bond acceptors (Lipinski definition) is 3. The van der Waals surface area contributed by atoms with Crippen molar-refractivity contribution < 1.29 is 9.90 Å². The third kappa shape index (κ3) is 2.86. The Hall–Kier alpha value is -0.610. The first kappa shape index (κ1) is 13.8. The third-order valence-corrected chi connectivity index (χ3v) is 4.77. The summed E-state index contributed by atoms with van der Waals surface area (Å²) >= 11 is 0. The van der Waals surface area contributed by atoms with Crippen LogP contribution in [0.4, 0.5) is 0 Å². The van der Waals surface area contributed by atoms with Crippen molar-refractivity contribution in [2.75, 3.05) is 13.1 Å². The van der Waals surface area contributed by atoms with Crippen molar-refractivity contribution in [3.8, 4) is 0 Å². The summed E-state index contributed by atoms with van der Waals surface area (Å²) in [6, 6.07) is 0.00804. The van der Waals surface area contributed by atoms with Crippen molar-refractivity contribution in [1.29, 1.82) is 0 Å². The van der Waals surface area contributed by atoms with Crippen molar-refractivity contribution in [1.82, 2.24) is 4.90 Å². The quantitative estimate of drug-likeness (QED) is 0.737. The zero-order valence-electron chi connectivity index (χ0n) is 11.6. The molecule has 3 N–H and O–H groups in total. The molecule has 2 rings (SSSR count). The smallest absolute Gasteiger partial charge is 0.227 e. The van der Waals surface area contributed by atoms with Crippen molar-refractivity contribution >= 4 is 5.91 Å². The predicted molar refractivity (Wildman–Crippen MR) is 70.9 cm³/mol. The van der Waals surface area contributed by atoms with E-state index in [9.17, 15) is 9.90 Å². The first-order valence-electron chi connectivity index (χ1n) is 7.17. The minimum absolute atomic E-state index is 0.00296. The van der Waals surface area contributed by atoms with Crippen LogP contribution < -0.4 is 5.73 Å². The molecule has 3 atom stereocenters. The number of aliphatic hydroxyl groups is 1. The maximum Gasteiger partial charge on any atom is 0.227 e. The maximum absolute atomic E-state index is 12.5. The summed E-state index contributed by atoms with van der Waals surface area (Å²) in [6.45, 7) is 5.33. The van der Waals surface area contributed by atoms with Crippen LogP contribution in [0.2, 0.25) is 0 Å². The lowest BCUT2D eigenvalue weighted by atomic mass is 9.77. The number of nitrogens with zero attached hydrogens (tertiary/aromatic N) is 1. The number of carbonyl (C=O) groups is 1. The lowest BCUT2D eigenvalue weighted by Gasteiger charge is -2.40. The first-order chi connectivity index (χ1) is 8.41. The van der Waals surface area contributed by atoms with E-state index in [1.807, 2.05) is 11.8 Å². The van der Waals surface area contributed by atoms with Gasteiger partial charge in [-0.25, -0.2) is 0 Å². The number of carbonyl (C=O) groups excluding carboxylic acids is 1. The Kier molecular flexibility index (Phi) is 3.97. The van der Waals surface area contributed by atoms with E-state index in [2.05, 4.69) is 6.92 Å². The molecule has 1 amide bonds. The monoisotopic (exact) mass is 254 g/mol. The maximum atomic E-state index is 12.5. The second-order valence-corrected chi connectivity index (χ2v) is 6.41. The fourth-order valence-electron chi connectivity index (χ4n) is 3.17. The Balaban J connectivity index is 1.95. The molecule has 4 heteroatoms. The highest BCUT2D eigenvalue weighted by Crippen LogP contribution is 2.31. The summed E-state index contributed by atoms with van der Waals surface area (Å²) in [6.07, 6.45) is 4.53. The molecule has 4 nitrogen and oxygen atoms in total. The number of hydrogen-bond donors (Lipinski definition) is 2. The molecule has 104 valence electrons. The van der Waals surface area contributed by atoms with Crippen molar-refractivity contribution in [2.24, 2.45) is 17.6 Å². The summed E-state index contributed by atoms with van der Waals surface area (Å²) < 4.78 is 0. The molecule has 0 bridgehead atoms. The molecule has 0 aromatic heterocycles. The van der Waals surface area contributed by atoms with Gasteiger partial charge in [0.1, 0.15) is 0 Å². The van der Waals surface area contributed by atoms with Gasteiger partial charge in [-0.1, -0.05) is 13.3 Å². The molecular weight excluding hydrogens is 228 g/mol. The van der Waals surface area contributed by atoms with E-state index in [0.717, 1.165) is 19.3 Å². The topological polar surface area (TPSA) is 66.6 Å². The Labute approximate surface area is 110 Å². The van der Waals surface area contributed by atoms with Crippen LogP contribution >= 0.6 is 0 Å². The van der Waals surface area contributed by atoms with Crippen molar-refractivity contribution in [3.05, 3.63) is 0 Å². The summed E-state index contributed by atoms with van der Waals surface area (Å²) in [5, 5.41) is 9.92. The van der Waals surface area contributed by atoms with Gasteiger partial charge in [-0.3, -0.25) is 4.79 Å². The van der Waals surface area contributed by atoms with Crippen LogP contribution in [0.1, 0.15) is 46.0 Å². The molecule has 18 heavy (non-hydrogen) atoms. The van der Waals surface area contributed by atoms with Crippen molar-refractivity contribution in [3.63, 3.8) is 0 Å². The zero-order valence-corrected chi connectivity index (χ0v) is 11.6. The summed E-state index contributed by atoms with van der Waals surface area (Å²) in [7, 11) is 0. The van der Waals surface area contributed by atoms with Gasteiger partial charge in [-0.2, -0.15) is 0 Å². The van der Waals surface area contributed by atoms with E-state index in [0.29, 0.717) is 31.8 Å². The molecule has 2 aliphatic rings. The molecule has 0 radical (unpaired) electrons. The lowest BCUT2D eigenvalue weighted by Crippen LogP contribution is -2.52. The standard InChI is InChI=1S/C14H26N2O2/c1-10-4-3-5-11(12(10)15)13(17)16-8-6-14(2,18)7-9-16/h10-12,18H,3-9,15H2,1-2H3. The molecule has 0 aromatic rings. The van der Waals surface area contributed by atoms with Crippen molar-refractivity contribution in [2.45, 2.75) is 57.6 Å². The van der Waals surface area contributed by atoms with Gasteiger partial charge in [-0.05, 0) is 38.5 Å². The van der Waals surface area contributed by atoms with Crippen LogP contribution in [0, 0.1) is 11.8 Å².